The summed E-state index contributed by atoms with van der Waals surface area (Å²) < 4.78 is 26.7. The SMILES string of the molecule is C[C@@H](NC(=O)N1CCN(c2ccc(F)cc2)CC1)C(=O)Nc1ccccc1F. The fourth-order valence-corrected chi connectivity index (χ4v) is 2.97. The first kappa shape index (κ1) is 19.6. The van der Waals surface area contributed by atoms with Crippen molar-refractivity contribution in [3.8, 4) is 0 Å². The predicted octanol–water partition coefficient (Wildman–Crippen LogP) is 2.82. The molecular weight excluding hydrogens is 366 g/mol. The van der Waals surface area contributed by atoms with Crippen LogP contribution in [0.25, 0.3) is 0 Å². The van der Waals surface area contributed by atoms with Crippen molar-refractivity contribution in [2.24, 2.45) is 0 Å². The molecule has 2 aromatic carbocycles. The average molecular weight is 388 g/mol. The molecule has 1 fully saturated rings. The third-order valence-electron chi connectivity index (χ3n) is 4.62. The van der Waals surface area contributed by atoms with E-state index in [1.807, 2.05) is 0 Å². The Morgan fingerprint density at radius 2 is 1.61 bits per heavy atom. The van der Waals surface area contributed by atoms with Crippen LogP contribution >= 0.6 is 0 Å². The molecule has 8 heteroatoms. The summed E-state index contributed by atoms with van der Waals surface area (Å²) >= 11 is 0. The van der Waals surface area contributed by atoms with Crippen molar-refractivity contribution in [1.82, 2.24) is 10.2 Å². The van der Waals surface area contributed by atoms with Gasteiger partial charge in [0.25, 0.3) is 0 Å². The first-order valence-electron chi connectivity index (χ1n) is 9.05. The maximum atomic E-state index is 13.6. The number of rotatable bonds is 4. The van der Waals surface area contributed by atoms with Gasteiger partial charge in [0, 0.05) is 31.9 Å². The van der Waals surface area contributed by atoms with Crippen molar-refractivity contribution in [1.29, 1.82) is 0 Å². The highest BCUT2D eigenvalue weighted by molar-refractivity contribution is 5.96. The fourth-order valence-electron chi connectivity index (χ4n) is 2.97. The summed E-state index contributed by atoms with van der Waals surface area (Å²) in [5.41, 5.74) is 0.973. The molecule has 3 rings (SSSR count). The molecule has 6 nitrogen and oxygen atoms in total. The Kier molecular flexibility index (Phi) is 6.08. The first-order chi connectivity index (χ1) is 13.4. The van der Waals surface area contributed by atoms with Crippen molar-refractivity contribution >= 4 is 23.3 Å². The zero-order valence-electron chi connectivity index (χ0n) is 15.5. The van der Waals surface area contributed by atoms with Crippen molar-refractivity contribution in [3.05, 3.63) is 60.2 Å². The molecule has 1 heterocycles. The lowest BCUT2D eigenvalue weighted by Crippen LogP contribution is -2.54. The standard InChI is InChI=1S/C20H22F2N4O2/c1-14(19(27)24-18-5-3-2-4-17(18)22)23-20(28)26-12-10-25(11-13-26)16-8-6-15(21)7-9-16/h2-9,14H,10-13H2,1H3,(H,23,28)(H,24,27)/t14-/m1/s1. The largest absolute Gasteiger partial charge is 0.368 e. The molecule has 0 aliphatic carbocycles. The zero-order chi connectivity index (χ0) is 20.1. The van der Waals surface area contributed by atoms with Gasteiger partial charge in [0.15, 0.2) is 0 Å². The molecule has 0 spiro atoms. The smallest absolute Gasteiger partial charge is 0.318 e. The van der Waals surface area contributed by atoms with Crippen LogP contribution in [-0.2, 0) is 4.79 Å². The van der Waals surface area contributed by atoms with E-state index < -0.39 is 17.8 Å². The Bertz CT molecular complexity index is 836. The van der Waals surface area contributed by atoms with E-state index in [9.17, 15) is 18.4 Å². The van der Waals surface area contributed by atoms with E-state index in [4.69, 9.17) is 0 Å². The third kappa shape index (κ3) is 4.76. The van der Waals surface area contributed by atoms with Crippen molar-refractivity contribution in [2.75, 3.05) is 36.4 Å². The number of hydrogen-bond donors (Lipinski definition) is 2. The van der Waals surface area contributed by atoms with E-state index in [0.717, 1.165) is 5.69 Å². The van der Waals surface area contributed by atoms with Crippen LogP contribution in [0.3, 0.4) is 0 Å². The van der Waals surface area contributed by atoms with Crippen LogP contribution in [0.15, 0.2) is 48.5 Å². The lowest BCUT2D eigenvalue weighted by molar-refractivity contribution is -0.117. The number of carbonyl (C=O) groups is 2. The number of urea groups is 1. The summed E-state index contributed by atoms with van der Waals surface area (Å²) in [4.78, 5) is 28.3. The van der Waals surface area contributed by atoms with Crippen LogP contribution < -0.4 is 15.5 Å². The fraction of sp³-hybridized carbons (Fsp3) is 0.300. The topological polar surface area (TPSA) is 64.7 Å². The molecule has 0 bridgehead atoms. The summed E-state index contributed by atoms with van der Waals surface area (Å²) in [6, 6.07) is 10.9. The van der Waals surface area contributed by atoms with E-state index in [2.05, 4.69) is 15.5 Å². The maximum absolute atomic E-state index is 13.6. The summed E-state index contributed by atoms with van der Waals surface area (Å²) in [6.07, 6.45) is 0. The average Bonchev–Trinajstić information content (AvgIpc) is 2.70. The van der Waals surface area contributed by atoms with Gasteiger partial charge in [0.05, 0.1) is 5.69 Å². The van der Waals surface area contributed by atoms with Gasteiger partial charge in [-0.1, -0.05) is 12.1 Å². The minimum Gasteiger partial charge on any atom is -0.368 e. The van der Waals surface area contributed by atoms with Crippen LogP contribution in [0.4, 0.5) is 25.0 Å². The van der Waals surface area contributed by atoms with Gasteiger partial charge in [0.1, 0.15) is 17.7 Å². The summed E-state index contributed by atoms with van der Waals surface area (Å²) in [5.74, 6) is -1.32. The highest BCUT2D eigenvalue weighted by Gasteiger charge is 2.24. The molecule has 0 radical (unpaired) electrons. The van der Waals surface area contributed by atoms with Gasteiger partial charge >= 0.3 is 6.03 Å². The number of nitrogens with one attached hydrogen (secondary N) is 2. The molecular formula is C20H22F2N4O2. The molecule has 0 unspecified atom stereocenters. The number of piperazine rings is 1. The first-order valence-corrected chi connectivity index (χ1v) is 9.05. The highest BCUT2D eigenvalue weighted by Crippen LogP contribution is 2.17. The minimum atomic E-state index is -0.817. The highest BCUT2D eigenvalue weighted by atomic mass is 19.1. The lowest BCUT2D eigenvalue weighted by atomic mass is 10.2. The van der Waals surface area contributed by atoms with E-state index in [1.165, 1.54) is 30.3 Å². The number of hydrogen-bond acceptors (Lipinski definition) is 3. The van der Waals surface area contributed by atoms with Crippen LogP contribution in [-0.4, -0.2) is 49.1 Å². The molecule has 0 saturated carbocycles. The van der Waals surface area contributed by atoms with Gasteiger partial charge in [-0.15, -0.1) is 0 Å². The van der Waals surface area contributed by atoms with Crippen molar-refractivity contribution in [3.63, 3.8) is 0 Å². The number of anilines is 2. The van der Waals surface area contributed by atoms with E-state index >= 15 is 0 Å². The normalized spacial score (nSPS) is 15.1. The molecule has 1 aliphatic rings. The predicted molar refractivity (Wildman–Crippen MR) is 103 cm³/mol. The maximum Gasteiger partial charge on any atom is 0.318 e. The lowest BCUT2D eigenvalue weighted by Gasteiger charge is -2.36. The zero-order valence-corrected chi connectivity index (χ0v) is 15.5. The quantitative estimate of drug-likeness (QED) is 0.847. The monoisotopic (exact) mass is 388 g/mol. The second-order valence-corrected chi connectivity index (χ2v) is 6.59. The van der Waals surface area contributed by atoms with Crippen LogP contribution in [0.2, 0.25) is 0 Å². The molecule has 0 aromatic heterocycles. The molecule has 2 N–H and O–H groups in total. The van der Waals surface area contributed by atoms with Crippen LogP contribution in [0.5, 0.6) is 0 Å². The Morgan fingerprint density at radius 3 is 2.25 bits per heavy atom. The Morgan fingerprint density at radius 1 is 0.964 bits per heavy atom. The number of amides is 3. The van der Waals surface area contributed by atoms with Gasteiger partial charge in [-0.25, -0.2) is 13.6 Å². The van der Waals surface area contributed by atoms with Crippen molar-refractivity contribution in [2.45, 2.75) is 13.0 Å². The Balaban J connectivity index is 1.49. The number of benzene rings is 2. The molecule has 2 aromatic rings. The molecule has 3 amide bonds. The number of para-hydroxylation sites is 1. The summed E-state index contributed by atoms with van der Waals surface area (Å²) in [7, 11) is 0. The molecule has 148 valence electrons. The molecule has 28 heavy (non-hydrogen) atoms. The molecule has 1 atom stereocenters. The number of nitrogens with zero attached hydrogens (tertiary/aromatic N) is 2. The van der Waals surface area contributed by atoms with Crippen LogP contribution in [0, 0.1) is 11.6 Å². The van der Waals surface area contributed by atoms with Gasteiger partial charge in [-0.05, 0) is 43.3 Å². The third-order valence-corrected chi connectivity index (χ3v) is 4.62. The summed E-state index contributed by atoms with van der Waals surface area (Å²) in [6.45, 7) is 3.71. The molecule has 1 saturated heterocycles. The Hall–Kier alpha value is -3.16. The van der Waals surface area contributed by atoms with Crippen LogP contribution in [0.1, 0.15) is 6.92 Å². The minimum absolute atomic E-state index is 0.0708. The summed E-state index contributed by atoms with van der Waals surface area (Å²) in [5, 5.41) is 5.10. The van der Waals surface area contributed by atoms with Gasteiger partial charge in [0.2, 0.25) is 5.91 Å². The van der Waals surface area contributed by atoms with Gasteiger partial charge in [-0.2, -0.15) is 0 Å². The second kappa shape index (κ2) is 8.69. The molecule has 1 aliphatic heterocycles. The number of carbonyl (C=O) groups excluding carboxylic acids is 2. The van der Waals surface area contributed by atoms with E-state index in [1.54, 1.807) is 30.0 Å². The van der Waals surface area contributed by atoms with Crippen molar-refractivity contribution < 1.29 is 18.4 Å². The van der Waals surface area contributed by atoms with E-state index in [-0.39, 0.29) is 17.5 Å². The van der Waals surface area contributed by atoms with Gasteiger partial charge in [-0.3, -0.25) is 4.79 Å². The second-order valence-electron chi connectivity index (χ2n) is 6.59. The van der Waals surface area contributed by atoms with E-state index in [0.29, 0.717) is 26.2 Å². The Labute approximate surface area is 162 Å². The van der Waals surface area contributed by atoms with Gasteiger partial charge < -0.3 is 20.4 Å². The number of halogens is 2.